The van der Waals surface area contributed by atoms with Crippen molar-refractivity contribution in [3.05, 3.63) is 24.3 Å². The highest BCUT2D eigenvalue weighted by atomic mass is 32.4. The Morgan fingerprint density at radius 2 is 2.08 bits per heavy atom. The Labute approximate surface area is 76.0 Å². The summed E-state index contributed by atoms with van der Waals surface area (Å²) in [6.07, 6.45) is 1.45. The SMILES string of the molecule is O=C=Nc1ccc(OP=S)cc1. The first kappa shape index (κ1) is 9.01. The predicted octanol–water partition coefficient (Wildman–Crippen LogP) is 2.36. The van der Waals surface area contributed by atoms with E-state index < -0.39 is 0 Å². The smallest absolute Gasteiger partial charge is 0.240 e. The van der Waals surface area contributed by atoms with Crippen molar-refractivity contribution < 1.29 is 9.32 Å². The van der Waals surface area contributed by atoms with Crippen LogP contribution in [0.15, 0.2) is 29.3 Å². The molecule has 1 aromatic carbocycles. The van der Waals surface area contributed by atoms with E-state index in [1.54, 1.807) is 24.3 Å². The Hall–Kier alpha value is -1.08. The summed E-state index contributed by atoms with van der Waals surface area (Å²) in [6, 6.07) is 6.69. The van der Waals surface area contributed by atoms with Crippen LogP contribution in [0.4, 0.5) is 5.69 Å². The van der Waals surface area contributed by atoms with Crippen molar-refractivity contribution in [3.8, 4) is 5.75 Å². The summed E-state index contributed by atoms with van der Waals surface area (Å²) in [5.74, 6) is 0.663. The van der Waals surface area contributed by atoms with Crippen LogP contribution < -0.4 is 4.52 Å². The molecule has 0 N–H and O–H groups in total. The summed E-state index contributed by atoms with van der Waals surface area (Å²) in [6.45, 7) is 0. The van der Waals surface area contributed by atoms with Crippen molar-refractivity contribution in [2.75, 3.05) is 0 Å². The fraction of sp³-hybridized carbons (Fsp3) is 0. The predicted molar refractivity (Wildman–Crippen MR) is 49.1 cm³/mol. The second-order valence-corrected chi connectivity index (χ2v) is 2.64. The third-order valence-corrected chi connectivity index (χ3v) is 1.66. The summed E-state index contributed by atoms with van der Waals surface area (Å²) in [7, 11) is 0.429. The minimum absolute atomic E-state index is 0.429. The van der Waals surface area contributed by atoms with Gasteiger partial charge in [0.1, 0.15) is 5.75 Å². The van der Waals surface area contributed by atoms with E-state index in [0.29, 0.717) is 19.0 Å². The second-order valence-electron chi connectivity index (χ2n) is 1.86. The van der Waals surface area contributed by atoms with Crippen molar-refractivity contribution in [1.82, 2.24) is 0 Å². The van der Waals surface area contributed by atoms with Gasteiger partial charge in [-0.05, 0) is 36.1 Å². The maximum Gasteiger partial charge on any atom is 0.240 e. The molecule has 0 aliphatic rings. The van der Waals surface area contributed by atoms with Gasteiger partial charge in [-0.1, -0.05) is 0 Å². The van der Waals surface area contributed by atoms with Crippen LogP contribution in [0.1, 0.15) is 0 Å². The summed E-state index contributed by atoms with van der Waals surface area (Å²) in [5.41, 5.74) is 0.554. The largest absolute Gasteiger partial charge is 0.429 e. The van der Waals surface area contributed by atoms with Crippen LogP contribution in [0.3, 0.4) is 0 Å². The van der Waals surface area contributed by atoms with Crippen molar-refractivity contribution in [1.29, 1.82) is 0 Å². The molecule has 0 unspecified atom stereocenters. The first-order valence-corrected chi connectivity index (χ1v) is 4.87. The highest BCUT2D eigenvalue weighted by molar-refractivity contribution is 7.94. The van der Waals surface area contributed by atoms with E-state index in [9.17, 15) is 4.79 Å². The number of hydrogen-bond donors (Lipinski definition) is 0. The third-order valence-electron chi connectivity index (χ3n) is 1.15. The topological polar surface area (TPSA) is 38.7 Å². The molecule has 1 aromatic rings. The fourth-order valence-electron chi connectivity index (χ4n) is 0.677. The van der Waals surface area contributed by atoms with E-state index in [4.69, 9.17) is 4.52 Å². The van der Waals surface area contributed by atoms with Gasteiger partial charge in [-0.2, -0.15) is 4.99 Å². The lowest BCUT2D eigenvalue weighted by atomic mass is 10.3. The van der Waals surface area contributed by atoms with Crippen LogP contribution in [0.5, 0.6) is 5.75 Å². The van der Waals surface area contributed by atoms with Gasteiger partial charge in [0.25, 0.3) is 0 Å². The summed E-state index contributed by atoms with van der Waals surface area (Å²) < 4.78 is 4.99. The Morgan fingerprint density at radius 1 is 1.42 bits per heavy atom. The molecular formula is C7H4NO2PS. The van der Waals surface area contributed by atoms with Crippen molar-refractivity contribution in [2.45, 2.75) is 0 Å². The van der Waals surface area contributed by atoms with Crippen LogP contribution in [0.2, 0.25) is 0 Å². The van der Waals surface area contributed by atoms with Crippen molar-refractivity contribution >= 4 is 31.2 Å². The first-order valence-electron chi connectivity index (χ1n) is 3.04. The van der Waals surface area contributed by atoms with Crippen LogP contribution in [-0.4, -0.2) is 6.08 Å². The molecule has 0 aliphatic carbocycles. The van der Waals surface area contributed by atoms with Gasteiger partial charge >= 0.3 is 0 Å². The lowest BCUT2D eigenvalue weighted by Gasteiger charge is -1.95. The molecule has 0 spiro atoms. The molecule has 5 heteroatoms. The number of nitrogens with zero attached hydrogens (tertiary/aromatic N) is 1. The standard InChI is InChI=1S/C7H4NO2PS/c9-5-8-6-1-3-7(4-2-6)10-11-12/h1-4H. The zero-order chi connectivity index (χ0) is 8.81. The van der Waals surface area contributed by atoms with Gasteiger partial charge in [0.05, 0.1) is 5.69 Å². The molecule has 0 aliphatic heterocycles. The molecule has 0 heterocycles. The number of carbonyl (C=O) groups excluding carboxylic acids is 1. The molecule has 60 valence electrons. The fourth-order valence-corrected chi connectivity index (χ4v) is 1.14. The highest BCUT2D eigenvalue weighted by Crippen LogP contribution is 2.19. The molecule has 12 heavy (non-hydrogen) atoms. The quantitative estimate of drug-likeness (QED) is 0.424. The van der Waals surface area contributed by atoms with Gasteiger partial charge in [0.2, 0.25) is 13.7 Å². The van der Waals surface area contributed by atoms with E-state index in [2.05, 4.69) is 16.8 Å². The summed E-state index contributed by atoms with van der Waals surface area (Å²) >= 11 is 4.58. The summed E-state index contributed by atoms with van der Waals surface area (Å²) in [5, 5.41) is 0. The maximum atomic E-state index is 9.84. The number of benzene rings is 1. The lowest BCUT2D eigenvalue weighted by molar-refractivity contribution is 0.565. The molecule has 0 atom stereocenters. The van der Waals surface area contributed by atoms with E-state index in [1.807, 2.05) is 0 Å². The number of aliphatic imine (C=N–C) groups is 1. The van der Waals surface area contributed by atoms with Gasteiger partial charge in [0, 0.05) is 0 Å². The third kappa shape index (κ3) is 2.51. The van der Waals surface area contributed by atoms with Gasteiger partial charge in [-0.25, -0.2) is 4.79 Å². The second kappa shape index (κ2) is 4.73. The van der Waals surface area contributed by atoms with Crippen LogP contribution in [-0.2, 0) is 16.6 Å². The Morgan fingerprint density at radius 3 is 2.58 bits per heavy atom. The number of isocyanates is 1. The molecular weight excluding hydrogens is 193 g/mol. The normalized spacial score (nSPS) is 9.00. The Kier molecular flexibility index (Phi) is 3.55. The average Bonchev–Trinajstić information content (AvgIpc) is 2.09. The van der Waals surface area contributed by atoms with Crippen LogP contribution in [0, 0.1) is 0 Å². The molecule has 0 aromatic heterocycles. The van der Waals surface area contributed by atoms with Crippen LogP contribution >= 0.6 is 7.58 Å². The van der Waals surface area contributed by atoms with Crippen LogP contribution in [0.25, 0.3) is 0 Å². The molecule has 0 saturated heterocycles. The zero-order valence-electron chi connectivity index (χ0n) is 5.93. The molecule has 0 fully saturated rings. The lowest BCUT2D eigenvalue weighted by Crippen LogP contribution is -1.72. The molecule has 0 saturated carbocycles. The monoisotopic (exact) mass is 197 g/mol. The minimum Gasteiger partial charge on any atom is -0.429 e. The van der Waals surface area contributed by atoms with Gasteiger partial charge in [-0.15, -0.1) is 0 Å². The van der Waals surface area contributed by atoms with Gasteiger partial charge in [-0.3, -0.25) is 0 Å². The Bertz CT molecular complexity index is 319. The molecule has 0 amide bonds. The molecule has 0 bridgehead atoms. The van der Waals surface area contributed by atoms with E-state index in [0.717, 1.165) is 0 Å². The Balaban J connectivity index is 2.84. The highest BCUT2D eigenvalue weighted by Gasteiger charge is 1.91. The minimum atomic E-state index is 0.429. The molecule has 1 rings (SSSR count). The first-order chi connectivity index (χ1) is 5.86. The van der Waals surface area contributed by atoms with E-state index in [-0.39, 0.29) is 0 Å². The van der Waals surface area contributed by atoms with Gasteiger partial charge in [0.15, 0.2) is 0 Å². The zero-order valence-corrected chi connectivity index (χ0v) is 7.64. The van der Waals surface area contributed by atoms with E-state index >= 15 is 0 Å². The maximum absolute atomic E-state index is 9.84. The number of hydrogen-bond acceptors (Lipinski definition) is 4. The number of rotatable bonds is 3. The van der Waals surface area contributed by atoms with Gasteiger partial charge < -0.3 is 4.52 Å². The average molecular weight is 197 g/mol. The van der Waals surface area contributed by atoms with Crippen molar-refractivity contribution in [3.63, 3.8) is 0 Å². The van der Waals surface area contributed by atoms with E-state index in [1.165, 1.54) is 6.08 Å². The summed E-state index contributed by atoms with van der Waals surface area (Å²) in [4.78, 5) is 13.3. The molecule has 0 radical (unpaired) electrons. The van der Waals surface area contributed by atoms with Crippen molar-refractivity contribution in [2.24, 2.45) is 4.99 Å². The molecule has 3 nitrogen and oxygen atoms in total.